The van der Waals surface area contributed by atoms with Crippen molar-refractivity contribution < 1.29 is 14.3 Å². The summed E-state index contributed by atoms with van der Waals surface area (Å²) >= 11 is 1.16. The van der Waals surface area contributed by atoms with Crippen molar-refractivity contribution in [2.24, 2.45) is 0 Å². The van der Waals surface area contributed by atoms with E-state index in [1.54, 1.807) is 0 Å². The number of ether oxygens (including phenoxy) is 1. The van der Waals surface area contributed by atoms with Crippen LogP contribution in [0.15, 0.2) is 0 Å². The maximum Gasteiger partial charge on any atom is 0.350 e. The van der Waals surface area contributed by atoms with Crippen molar-refractivity contribution >= 4 is 28.3 Å². The van der Waals surface area contributed by atoms with Crippen molar-refractivity contribution in [3.8, 4) is 0 Å². The summed E-state index contributed by atoms with van der Waals surface area (Å²) in [7, 11) is 1.34. The van der Waals surface area contributed by atoms with Gasteiger partial charge in [-0.05, 0) is 6.42 Å². The fraction of sp³-hybridized carbons (Fsp3) is 0.643. The third kappa shape index (κ3) is 4.30. The lowest BCUT2D eigenvalue weighted by Crippen LogP contribution is -2.17. The van der Waals surface area contributed by atoms with Crippen LogP contribution in [0.1, 0.15) is 62.3 Å². The molecule has 0 unspecified atom stereocenters. The van der Waals surface area contributed by atoms with Crippen LogP contribution in [-0.2, 0) is 14.9 Å². The molecule has 0 saturated heterocycles. The van der Waals surface area contributed by atoms with Crippen molar-refractivity contribution in [1.29, 1.82) is 0 Å². The maximum absolute atomic E-state index is 11.8. The van der Waals surface area contributed by atoms with Gasteiger partial charge in [0.05, 0.1) is 12.8 Å². The zero-order valence-electron chi connectivity index (χ0n) is 12.7. The molecule has 1 heterocycles. The zero-order chi connectivity index (χ0) is 15.3. The first-order chi connectivity index (χ1) is 9.29. The van der Waals surface area contributed by atoms with Crippen LogP contribution in [0.3, 0.4) is 0 Å². The van der Waals surface area contributed by atoms with E-state index in [-0.39, 0.29) is 11.3 Å². The molecule has 5 nitrogen and oxygen atoms in total. The van der Waals surface area contributed by atoms with E-state index < -0.39 is 5.97 Å². The molecule has 0 aliphatic heterocycles. The summed E-state index contributed by atoms with van der Waals surface area (Å²) in [5, 5.41) is 3.20. The highest BCUT2D eigenvalue weighted by Gasteiger charge is 2.28. The summed E-state index contributed by atoms with van der Waals surface area (Å²) in [5.41, 5.74) is 0.368. The SMILES string of the molecule is CCCCC(=O)Nc1nc(C(C)(C)C)c(C(=O)OC)s1. The van der Waals surface area contributed by atoms with E-state index in [1.165, 1.54) is 7.11 Å². The number of esters is 1. The van der Waals surface area contributed by atoms with Gasteiger partial charge in [-0.3, -0.25) is 4.79 Å². The van der Waals surface area contributed by atoms with E-state index in [0.29, 0.717) is 22.1 Å². The molecule has 0 bridgehead atoms. The number of amides is 1. The van der Waals surface area contributed by atoms with Gasteiger partial charge in [-0.1, -0.05) is 45.5 Å². The van der Waals surface area contributed by atoms with Crippen LogP contribution in [-0.4, -0.2) is 24.0 Å². The van der Waals surface area contributed by atoms with Gasteiger partial charge in [0.2, 0.25) is 5.91 Å². The summed E-state index contributed by atoms with van der Waals surface area (Å²) in [6.45, 7) is 7.94. The van der Waals surface area contributed by atoms with Gasteiger partial charge in [0.25, 0.3) is 0 Å². The Morgan fingerprint density at radius 3 is 2.50 bits per heavy atom. The first-order valence-electron chi connectivity index (χ1n) is 6.69. The molecule has 0 saturated carbocycles. The molecule has 1 N–H and O–H groups in total. The van der Waals surface area contributed by atoms with Crippen LogP contribution in [0.25, 0.3) is 0 Å². The number of methoxy groups -OCH3 is 1. The number of hydrogen-bond donors (Lipinski definition) is 1. The number of nitrogens with zero attached hydrogens (tertiary/aromatic N) is 1. The Labute approximate surface area is 123 Å². The number of nitrogens with one attached hydrogen (secondary N) is 1. The molecule has 112 valence electrons. The molecule has 0 aliphatic rings. The fourth-order valence-corrected chi connectivity index (χ4v) is 2.74. The van der Waals surface area contributed by atoms with E-state index in [4.69, 9.17) is 4.74 Å². The van der Waals surface area contributed by atoms with Gasteiger partial charge < -0.3 is 10.1 Å². The van der Waals surface area contributed by atoms with Crippen molar-refractivity contribution in [2.75, 3.05) is 12.4 Å². The Kier molecular flexibility index (Phi) is 5.68. The molecule has 6 heteroatoms. The van der Waals surface area contributed by atoms with Crippen molar-refractivity contribution in [2.45, 2.75) is 52.4 Å². The Morgan fingerprint density at radius 1 is 1.35 bits per heavy atom. The minimum absolute atomic E-state index is 0.0718. The van der Waals surface area contributed by atoms with Gasteiger partial charge in [0.1, 0.15) is 4.88 Å². The predicted octanol–water partition coefficient (Wildman–Crippen LogP) is 3.36. The van der Waals surface area contributed by atoms with Crippen LogP contribution in [0.5, 0.6) is 0 Å². The third-order valence-electron chi connectivity index (χ3n) is 2.71. The smallest absolute Gasteiger partial charge is 0.350 e. The van der Waals surface area contributed by atoms with Gasteiger partial charge in [-0.15, -0.1) is 0 Å². The van der Waals surface area contributed by atoms with Crippen LogP contribution in [0.4, 0.5) is 5.13 Å². The van der Waals surface area contributed by atoms with Gasteiger partial charge in [0, 0.05) is 11.8 Å². The number of unbranched alkanes of at least 4 members (excludes halogenated alkanes) is 1. The molecule has 0 aliphatic carbocycles. The molecule has 20 heavy (non-hydrogen) atoms. The van der Waals surface area contributed by atoms with Crippen LogP contribution in [0.2, 0.25) is 0 Å². The van der Waals surface area contributed by atoms with E-state index in [9.17, 15) is 9.59 Å². The van der Waals surface area contributed by atoms with Crippen molar-refractivity contribution in [3.05, 3.63) is 10.6 Å². The standard InChI is InChI=1S/C14H22N2O3S/c1-6-7-8-9(17)15-13-16-11(14(2,3)4)10(20-13)12(18)19-5/h6-8H2,1-5H3,(H,15,16,17). The molecule has 1 aromatic rings. The molecule has 0 spiro atoms. The highest BCUT2D eigenvalue weighted by atomic mass is 32.1. The number of rotatable bonds is 5. The summed E-state index contributed by atoms with van der Waals surface area (Å²) < 4.78 is 4.77. The lowest BCUT2D eigenvalue weighted by molar-refractivity contribution is -0.116. The molecule has 1 amide bonds. The Hall–Kier alpha value is -1.43. The minimum atomic E-state index is -0.415. The molecule has 1 rings (SSSR count). The molecule has 0 fully saturated rings. The van der Waals surface area contributed by atoms with Crippen LogP contribution in [0, 0.1) is 0 Å². The monoisotopic (exact) mass is 298 g/mol. The number of thiazole rings is 1. The second kappa shape index (κ2) is 6.83. The second-order valence-corrected chi connectivity index (χ2v) is 6.59. The van der Waals surface area contributed by atoms with E-state index >= 15 is 0 Å². The van der Waals surface area contributed by atoms with Gasteiger partial charge in [0.15, 0.2) is 5.13 Å². The average Bonchev–Trinajstić information content (AvgIpc) is 2.79. The third-order valence-corrected chi connectivity index (χ3v) is 3.66. The zero-order valence-corrected chi connectivity index (χ0v) is 13.5. The summed E-state index contributed by atoms with van der Waals surface area (Å²) in [4.78, 5) is 28.3. The number of carbonyl (C=O) groups excluding carboxylic acids is 2. The summed E-state index contributed by atoms with van der Waals surface area (Å²) in [5.74, 6) is -0.487. The molecular formula is C14H22N2O3S. The molecule has 0 atom stereocenters. The van der Waals surface area contributed by atoms with Gasteiger partial charge in [-0.25, -0.2) is 9.78 Å². The predicted molar refractivity (Wildman–Crippen MR) is 80.3 cm³/mol. The molecule has 0 radical (unpaired) electrons. The molecular weight excluding hydrogens is 276 g/mol. The molecule has 1 aromatic heterocycles. The number of anilines is 1. The number of aromatic nitrogens is 1. The lowest BCUT2D eigenvalue weighted by Gasteiger charge is -2.16. The summed E-state index contributed by atoms with van der Waals surface area (Å²) in [6, 6.07) is 0. The Balaban J connectivity index is 2.97. The molecule has 0 aromatic carbocycles. The first-order valence-corrected chi connectivity index (χ1v) is 7.50. The number of carbonyl (C=O) groups is 2. The van der Waals surface area contributed by atoms with Crippen LogP contribution >= 0.6 is 11.3 Å². The normalized spacial score (nSPS) is 11.2. The highest BCUT2D eigenvalue weighted by Crippen LogP contribution is 2.32. The highest BCUT2D eigenvalue weighted by molar-refractivity contribution is 7.17. The lowest BCUT2D eigenvalue weighted by atomic mass is 9.91. The number of hydrogen-bond acceptors (Lipinski definition) is 5. The maximum atomic E-state index is 11.8. The van der Waals surface area contributed by atoms with Gasteiger partial charge in [-0.2, -0.15) is 0 Å². The average molecular weight is 298 g/mol. The van der Waals surface area contributed by atoms with E-state index in [2.05, 4.69) is 10.3 Å². The van der Waals surface area contributed by atoms with Crippen LogP contribution < -0.4 is 5.32 Å². The minimum Gasteiger partial charge on any atom is -0.465 e. The Morgan fingerprint density at radius 2 is 2.00 bits per heavy atom. The topological polar surface area (TPSA) is 68.3 Å². The Bertz CT molecular complexity index is 489. The second-order valence-electron chi connectivity index (χ2n) is 5.59. The van der Waals surface area contributed by atoms with Crippen molar-refractivity contribution in [3.63, 3.8) is 0 Å². The van der Waals surface area contributed by atoms with E-state index in [1.807, 2.05) is 27.7 Å². The fourth-order valence-electron chi connectivity index (χ4n) is 1.63. The quantitative estimate of drug-likeness (QED) is 0.846. The largest absolute Gasteiger partial charge is 0.465 e. The van der Waals surface area contributed by atoms with Gasteiger partial charge >= 0.3 is 5.97 Å². The van der Waals surface area contributed by atoms with E-state index in [0.717, 1.165) is 24.2 Å². The first kappa shape index (κ1) is 16.6. The van der Waals surface area contributed by atoms with Crippen molar-refractivity contribution in [1.82, 2.24) is 4.98 Å². The summed E-state index contributed by atoms with van der Waals surface area (Å²) in [6.07, 6.45) is 2.27.